The van der Waals surface area contributed by atoms with E-state index in [1.54, 1.807) is 0 Å². The van der Waals surface area contributed by atoms with Crippen molar-refractivity contribution in [2.24, 2.45) is 0 Å². The van der Waals surface area contributed by atoms with E-state index in [2.05, 4.69) is 6.08 Å². The second-order valence-electron chi connectivity index (χ2n) is 2.89. The molecule has 0 atom stereocenters. The maximum Gasteiger partial charge on any atom is 0.389 e. The molecule has 0 aliphatic heterocycles. The average Bonchev–Trinajstić information content (AvgIpc) is 2.60. The number of alkyl halides is 3. The quantitative estimate of drug-likeness (QED) is 0.441. The van der Waals surface area contributed by atoms with Gasteiger partial charge in [-0.3, -0.25) is 0 Å². The van der Waals surface area contributed by atoms with Crippen molar-refractivity contribution in [3.8, 4) is 0 Å². The standard InChI is InChI=1S/C8H11F3/c9-8(10,11)6-2-1-3-7-4-5-7/h4H,1-3,5-6H2. The van der Waals surface area contributed by atoms with Crippen LogP contribution in [0.5, 0.6) is 0 Å². The third-order valence-electron chi connectivity index (χ3n) is 1.70. The minimum Gasteiger partial charge on any atom is -0.171 e. The first-order valence-corrected chi connectivity index (χ1v) is 3.82. The van der Waals surface area contributed by atoms with Gasteiger partial charge in [0.1, 0.15) is 0 Å². The summed E-state index contributed by atoms with van der Waals surface area (Å²) in [6.07, 6.45) is 0.347. The SMILES string of the molecule is FC(F)(F)CCCCC1=CC1. The summed E-state index contributed by atoms with van der Waals surface area (Å²) >= 11 is 0. The van der Waals surface area contributed by atoms with Crippen LogP contribution in [0.25, 0.3) is 0 Å². The van der Waals surface area contributed by atoms with Crippen LogP contribution in [0.15, 0.2) is 11.6 Å². The average molecular weight is 164 g/mol. The van der Waals surface area contributed by atoms with E-state index in [-0.39, 0.29) is 6.42 Å². The molecule has 0 aromatic heterocycles. The summed E-state index contributed by atoms with van der Waals surface area (Å²) in [6.45, 7) is 0. The Balaban J connectivity index is 1.91. The Morgan fingerprint density at radius 2 is 1.91 bits per heavy atom. The smallest absolute Gasteiger partial charge is 0.171 e. The third-order valence-corrected chi connectivity index (χ3v) is 1.70. The van der Waals surface area contributed by atoms with Gasteiger partial charge in [-0.05, 0) is 25.7 Å². The van der Waals surface area contributed by atoms with Crippen LogP contribution in [0.4, 0.5) is 13.2 Å². The third kappa shape index (κ3) is 4.87. The fourth-order valence-electron chi connectivity index (χ4n) is 0.954. The predicted molar refractivity (Wildman–Crippen MR) is 37.2 cm³/mol. The molecular formula is C8H11F3. The topological polar surface area (TPSA) is 0 Å². The normalized spacial score (nSPS) is 16.5. The van der Waals surface area contributed by atoms with Gasteiger partial charge in [0.25, 0.3) is 0 Å². The minimum atomic E-state index is -3.96. The molecule has 0 nitrogen and oxygen atoms in total. The molecule has 0 aromatic carbocycles. The molecule has 1 aliphatic carbocycles. The molecule has 1 aliphatic rings. The number of hydrogen-bond acceptors (Lipinski definition) is 0. The van der Waals surface area contributed by atoms with Crippen LogP contribution in [0.2, 0.25) is 0 Å². The van der Waals surface area contributed by atoms with Gasteiger partial charge in [0.2, 0.25) is 0 Å². The van der Waals surface area contributed by atoms with E-state index in [1.807, 2.05) is 0 Å². The molecule has 0 saturated heterocycles. The largest absolute Gasteiger partial charge is 0.389 e. The number of hydrogen-bond donors (Lipinski definition) is 0. The molecule has 1 rings (SSSR count). The molecule has 0 unspecified atom stereocenters. The second kappa shape index (κ2) is 3.28. The highest BCUT2D eigenvalue weighted by molar-refractivity contribution is 5.21. The van der Waals surface area contributed by atoms with Gasteiger partial charge < -0.3 is 0 Å². The van der Waals surface area contributed by atoms with Gasteiger partial charge in [-0.1, -0.05) is 11.6 Å². The number of halogens is 3. The van der Waals surface area contributed by atoms with Gasteiger partial charge >= 0.3 is 6.18 Å². The van der Waals surface area contributed by atoms with E-state index < -0.39 is 12.6 Å². The molecule has 0 N–H and O–H groups in total. The van der Waals surface area contributed by atoms with Gasteiger partial charge in [0, 0.05) is 6.42 Å². The zero-order valence-corrected chi connectivity index (χ0v) is 6.25. The Kier molecular flexibility index (Phi) is 2.58. The summed E-state index contributed by atoms with van der Waals surface area (Å²) in [4.78, 5) is 0. The highest BCUT2D eigenvalue weighted by Crippen LogP contribution is 2.27. The predicted octanol–water partition coefficient (Wildman–Crippen LogP) is 3.44. The number of rotatable bonds is 4. The van der Waals surface area contributed by atoms with Crippen molar-refractivity contribution >= 4 is 0 Å². The van der Waals surface area contributed by atoms with E-state index in [4.69, 9.17) is 0 Å². The van der Waals surface area contributed by atoms with Crippen LogP contribution in [-0.2, 0) is 0 Å². The van der Waals surface area contributed by atoms with Crippen LogP contribution >= 0.6 is 0 Å². The molecular weight excluding hydrogens is 153 g/mol. The van der Waals surface area contributed by atoms with Crippen molar-refractivity contribution in [3.05, 3.63) is 11.6 Å². The Bertz CT molecular complexity index is 155. The minimum absolute atomic E-state index is 0.279. The summed E-state index contributed by atoms with van der Waals surface area (Å²) in [7, 11) is 0. The lowest BCUT2D eigenvalue weighted by Crippen LogP contribution is -2.06. The van der Waals surface area contributed by atoms with E-state index in [1.165, 1.54) is 5.57 Å². The second-order valence-corrected chi connectivity index (χ2v) is 2.89. The molecule has 11 heavy (non-hydrogen) atoms. The summed E-state index contributed by atoms with van der Waals surface area (Å²) in [5.41, 5.74) is 1.33. The molecule has 0 radical (unpaired) electrons. The van der Waals surface area contributed by atoms with Crippen molar-refractivity contribution in [3.63, 3.8) is 0 Å². The van der Waals surface area contributed by atoms with Crippen LogP contribution in [0.1, 0.15) is 32.1 Å². The van der Waals surface area contributed by atoms with Gasteiger partial charge in [0.05, 0.1) is 0 Å². The molecule has 3 heteroatoms. The summed E-state index contributed by atoms with van der Waals surface area (Å²) < 4.78 is 34.7. The van der Waals surface area contributed by atoms with Crippen LogP contribution in [-0.4, -0.2) is 6.18 Å². The van der Waals surface area contributed by atoms with Crippen molar-refractivity contribution in [1.29, 1.82) is 0 Å². The number of unbranched alkanes of at least 4 members (excludes halogenated alkanes) is 1. The van der Waals surface area contributed by atoms with Crippen LogP contribution in [0.3, 0.4) is 0 Å². The molecule has 0 aromatic rings. The van der Waals surface area contributed by atoms with Crippen LogP contribution < -0.4 is 0 Å². The molecule has 0 bridgehead atoms. The maximum atomic E-state index is 11.6. The van der Waals surface area contributed by atoms with Gasteiger partial charge in [0.15, 0.2) is 0 Å². The molecule has 64 valence electrons. The first-order valence-electron chi connectivity index (χ1n) is 3.82. The molecule has 0 fully saturated rings. The lowest BCUT2D eigenvalue weighted by molar-refractivity contribution is -0.135. The first kappa shape index (κ1) is 8.62. The van der Waals surface area contributed by atoms with E-state index >= 15 is 0 Å². The lowest BCUT2D eigenvalue weighted by Gasteiger charge is -2.03. The zero-order valence-electron chi connectivity index (χ0n) is 6.25. The zero-order chi connectivity index (χ0) is 8.32. The highest BCUT2D eigenvalue weighted by Gasteiger charge is 2.25. The highest BCUT2D eigenvalue weighted by atomic mass is 19.4. The van der Waals surface area contributed by atoms with E-state index in [0.717, 1.165) is 12.8 Å². The van der Waals surface area contributed by atoms with Crippen molar-refractivity contribution in [2.45, 2.75) is 38.3 Å². The van der Waals surface area contributed by atoms with E-state index in [9.17, 15) is 13.2 Å². The lowest BCUT2D eigenvalue weighted by atomic mass is 10.1. The fraction of sp³-hybridized carbons (Fsp3) is 0.750. The van der Waals surface area contributed by atoms with Crippen LogP contribution in [0, 0.1) is 0 Å². The van der Waals surface area contributed by atoms with Crippen molar-refractivity contribution < 1.29 is 13.2 Å². The van der Waals surface area contributed by atoms with Gasteiger partial charge in [-0.25, -0.2) is 0 Å². The summed E-state index contributed by atoms with van der Waals surface area (Å²) in [6, 6.07) is 0. The first-order chi connectivity index (χ1) is 5.08. The Morgan fingerprint density at radius 3 is 2.36 bits per heavy atom. The molecule has 0 saturated carbocycles. The maximum absolute atomic E-state index is 11.6. The molecule has 0 heterocycles. The van der Waals surface area contributed by atoms with Crippen molar-refractivity contribution in [1.82, 2.24) is 0 Å². The fourth-order valence-corrected chi connectivity index (χ4v) is 0.954. The Labute approximate surface area is 64.1 Å². The Morgan fingerprint density at radius 1 is 1.27 bits per heavy atom. The summed E-state index contributed by atoms with van der Waals surface area (Å²) in [5, 5.41) is 0. The van der Waals surface area contributed by atoms with E-state index in [0.29, 0.717) is 6.42 Å². The van der Waals surface area contributed by atoms with Crippen molar-refractivity contribution in [2.75, 3.05) is 0 Å². The molecule has 0 amide bonds. The monoisotopic (exact) mass is 164 g/mol. The van der Waals surface area contributed by atoms with Gasteiger partial charge in [-0.15, -0.1) is 0 Å². The Hall–Kier alpha value is -0.470. The molecule has 0 spiro atoms. The van der Waals surface area contributed by atoms with Gasteiger partial charge in [-0.2, -0.15) is 13.2 Å². The summed E-state index contributed by atoms with van der Waals surface area (Å²) in [5.74, 6) is 0. The number of allylic oxidation sites excluding steroid dienone is 2.